The Morgan fingerprint density at radius 3 is 2.32 bits per heavy atom. The Hall–Kier alpha value is -2.28. The molecular formula is C24H32O7. The lowest BCUT2D eigenvalue weighted by Crippen LogP contribution is -2.53. The van der Waals surface area contributed by atoms with Crippen LogP contribution in [0.2, 0.25) is 0 Å². The summed E-state index contributed by atoms with van der Waals surface area (Å²) in [5, 5.41) is 11.0. The zero-order chi connectivity index (χ0) is 23.3. The maximum absolute atomic E-state index is 13.7. The molecule has 31 heavy (non-hydrogen) atoms. The molecule has 0 spiro atoms. The fraction of sp³-hybridized carbons (Fsp3) is 0.667. The van der Waals surface area contributed by atoms with Crippen molar-refractivity contribution in [3.8, 4) is 0 Å². The number of fused-ring (bicyclic) bond motifs is 2. The molecule has 3 rings (SSSR count). The number of rotatable bonds is 4. The molecule has 0 amide bonds. The summed E-state index contributed by atoms with van der Waals surface area (Å²) in [5.74, 6) is -3.21. The smallest absolute Gasteiger partial charge is 0.308 e. The van der Waals surface area contributed by atoms with E-state index >= 15 is 0 Å². The number of hydrogen-bond acceptors (Lipinski definition) is 7. The topological polar surface area (TPSA) is 107 Å². The molecule has 3 aliphatic carbocycles. The van der Waals surface area contributed by atoms with Gasteiger partial charge in [-0.15, -0.1) is 0 Å². The van der Waals surface area contributed by atoms with Crippen molar-refractivity contribution in [1.82, 2.24) is 0 Å². The molecule has 0 saturated heterocycles. The molecule has 7 nitrogen and oxygen atoms in total. The first-order chi connectivity index (χ1) is 14.3. The van der Waals surface area contributed by atoms with E-state index in [1.807, 2.05) is 6.92 Å². The molecule has 0 radical (unpaired) electrons. The monoisotopic (exact) mass is 432 g/mol. The number of carbonyl (C=O) groups excluding carboxylic acids is 4. The van der Waals surface area contributed by atoms with Crippen LogP contribution in [0, 0.1) is 22.7 Å². The van der Waals surface area contributed by atoms with Gasteiger partial charge in [-0.2, -0.15) is 0 Å². The summed E-state index contributed by atoms with van der Waals surface area (Å²) in [6.07, 6.45) is 1.92. The lowest BCUT2D eigenvalue weighted by atomic mass is 9.48. The number of aliphatic hydroxyl groups excluding tert-OH is 1. The van der Waals surface area contributed by atoms with Gasteiger partial charge in [0.2, 0.25) is 5.78 Å². The van der Waals surface area contributed by atoms with Gasteiger partial charge in [0, 0.05) is 36.3 Å². The predicted molar refractivity (Wildman–Crippen MR) is 111 cm³/mol. The largest absolute Gasteiger partial charge is 0.465 e. The van der Waals surface area contributed by atoms with Gasteiger partial charge >= 0.3 is 11.9 Å². The Morgan fingerprint density at radius 1 is 1.10 bits per heavy atom. The van der Waals surface area contributed by atoms with E-state index in [0.29, 0.717) is 6.42 Å². The van der Waals surface area contributed by atoms with Crippen molar-refractivity contribution < 1.29 is 33.8 Å². The summed E-state index contributed by atoms with van der Waals surface area (Å²) in [7, 11) is 0. The van der Waals surface area contributed by atoms with Gasteiger partial charge in [-0.25, -0.2) is 0 Å². The highest BCUT2D eigenvalue weighted by molar-refractivity contribution is 6.26. The van der Waals surface area contributed by atoms with Gasteiger partial charge in [0.15, 0.2) is 11.5 Å². The fourth-order valence-corrected chi connectivity index (χ4v) is 5.96. The van der Waals surface area contributed by atoms with E-state index in [1.54, 1.807) is 6.92 Å². The second kappa shape index (κ2) is 8.01. The lowest BCUT2D eigenvalue weighted by molar-refractivity contribution is -0.143. The van der Waals surface area contributed by atoms with Crippen molar-refractivity contribution in [2.45, 2.75) is 73.3 Å². The summed E-state index contributed by atoms with van der Waals surface area (Å²) in [4.78, 5) is 50.4. The Morgan fingerprint density at radius 2 is 1.74 bits per heavy atom. The summed E-state index contributed by atoms with van der Waals surface area (Å²) in [6, 6.07) is 0. The molecule has 0 bridgehead atoms. The van der Waals surface area contributed by atoms with Crippen LogP contribution in [0.15, 0.2) is 22.5 Å². The maximum Gasteiger partial charge on any atom is 0.308 e. The number of carbonyl (C=O) groups is 4. The first-order valence-electron chi connectivity index (χ1n) is 10.9. The van der Waals surface area contributed by atoms with Crippen molar-refractivity contribution in [3.05, 3.63) is 22.5 Å². The number of ether oxygens (including phenoxy) is 2. The molecule has 170 valence electrons. The standard InChI is InChI=1S/C24H32O7/c1-12(11-30-13(2)25)17-20(28)18-15(27)10-16-23(4,5)8-7-9-24(16,6)19(18)21(29)22(17)31-14(3)26/h12,15-16,27H,7-11H2,1-6H3/t12-,15+,16-,24-/m0/s1. The Labute approximate surface area is 182 Å². The summed E-state index contributed by atoms with van der Waals surface area (Å²) >= 11 is 0. The highest BCUT2D eigenvalue weighted by Gasteiger charge is 2.58. The molecule has 1 fully saturated rings. The third-order valence-electron chi connectivity index (χ3n) is 7.30. The number of hydrogen-bond donors (Lipinski definition) is 1. The fourth-order valence-electron chi connectivity index (χ4n) is 5.96. The zero-order valence-corrected chi connectivity index (χ0v) is 19.2. The molecule has 0 unspecified atom stereocenters. The van der Waals surface area contributed by atoms with Gasteiger partial charge in [0.25, 0.3) is 0 Å². The van der Waals surface area contributed by atoms with E-state index in [2.05, 4.69) is 13.8 Å². The Bertz CT molecular complexity index is 907. The second-order valence-corrected chi connectivity index (χ2v) is 10.1. The summed E-state index contributed by atoms with van der Waals surface area (Å²) < 4.78 is 10.3. The number of allylic oxidation sites excluding steroid dienone is 1. The van der Waals surface area contributed by atoms with Crippen LogP contribution in [0.1, 0.15) is 67.2 Å². The first kappa shape index (κ1) is 23.4. The first-order valence-corrected chi connectivity index (χ1v) is 10.9. The third kappa shape index (κ3) is 3.88. The average molecular weight is 433 g/mol. The van der Waals surface area contributed by atoms with Crippen LogP contribution in [0.3, 0.4) is 0 Å². The van der Waals surface area contributed by atoms with E-state index in [9.17, 15) is 24.3 Å². The van der Waals surface area contributed by atoms with Crippen molar-refractivity contribution in [3.63, 3.8) is 0 Å². The molecule has 1 saturated carbocycles. The predicted octanol–water partition coefficient (Wildman–Crippen LogP) is 3.05. The SMILES string of the molecule is CC(=O)OC[C@H](C)C1=C(OC(C)=O)C(=O)C2=C(C1=O)[C@H](O)C[C@H]1C(C)(C)CCC[C@]21C. The van der Waals surface area contributed by atoms with Crippen molar-refractivity contribution in [1.29, 1.82) is 0 Å². The van der Waals surface area contributed by atoms with Gasteiger partial charge in [-0.3, -0.25) is 19.2 Å². The molecule has 0 heterocycles. The van der Waals surface area contributed by atoms with Gasteiger partial charge in [0.1, 0.15) is 0 Å². The second-order valence-electron chi connectivity index (χ2n) is 10.1. The van der Waals surface area contributed by atoms with Crippen LogP contribution in [-0.2, 0) is 28.7 Å². The Balaban J connectivity index is 2.16. The molecular weight excluding hydrogens is 400 g/mol. The van der Waals surface area contributed by atoms with Crippen molar-refractivity contribution in [2.24, 2.45) is 22.7 Å². The van der Waals surface area contributed by atoms with Crippen LogP contribution in [0.25, 0.3) is 0 Å². The van der Waals surface area contributed by atoms with Crippen molar-refractivity contribution >= 4 is 23.5 Å². The minimum absolute atomic E-state index is 0.0119. The van der Waals surface area contributed by atoms with E-state index in [0.717, 1.165) is 19.3 Å². The normalized spacial score (nSPS) is 31.1. The van der Waals surface area contributed by atoms with E-state index in [-0.39, 0.29) is 40.4 Å². The van der Waals surface area contributed by atoms with Gasteiger partial charge in [-0.1, -0.05) is 34.1 Å². The number of Topliss-reactive ketones (excluding diaryl/α,β-unsaturated/α-hetero) is 2. The van der Waals surface area contributed by atoms with Gasteiger partial charge in [-0.05, 0) is 30.6 Å². The van der Waals surface area contributed by atoms with Gasteiger partial charge < -0.3 is 14.6 Å². The molecule has 0 aromatic carbocycles. The minimum atomic E-state index is -1.07. The highest BCUT2D eigenvalue weighted by atomic mass is 16.5. The molecule has 7 heteroatoms. The minimum Gasteiger partial charge on any atom is -0.465 e. The molecule has 1 N–H and O–H groups in total. The van der Waals surface area contributed by atoms with E-state index < -0.39 is 40.9 Å². The van der Waals surface area contributed by atoms with Gasteiger partial charge in [0.05, 0.1) is 18.3 Å². The van der Waals surface area contributed by atoms with Crippen molar-refractivity contribution in [2.75, 3.05) is 6.61 Å². The van der Waals surface area contributed by atoms with Crippen LogP contribution >= 0.6 is 0 Å². The third-order valence-corrected chi connectivity index (χ3v) is 7.30. The average Bonchev–Trinajstić information content (AvgIpc) is 2.64. The molecule has 3 aliphatic rings. The summed E-state index contributed by atoms with van der Waals surface area (Å²) in [5.41, 5.74) is -0.324. The van der Waals surface area contributed by atoms with E-state index in [4.69, 9.17) is 9.47 Å². The molecule has 4 atom stereocenters. The molecule has 0 aliphatic heterocycles. The van der Waals surface area contributed by atoms with Crippen LogP contribution < -0.4 is 0 Å². The molecule has 0 aromatic heterocycles. The summed E-state index contributed by atoms with van der Waals surface area (Å²) in [6.45, 7) is 10.2. The molecule has 0 aromatic rings. The highest BCUT2D eigenvalue weighted by Crippen LogP contribution is 2.61. The lowest BCUT2D eigenvalue weighted by Gasteiger charge is -2.56. The zero-order valence-electron chi connectivity index (χ0n) is 19.2. The quantitative estimate of drug-likeness (QED) is 0.537. The van der Waals surface area contributed by atoms with Crippen LogP contribution in [0.4, 0.5) is 0 Å². The number of ketones is 2. The number of aliphatic hydroxyl groups is 1. The Kier molecular flexibility index (Phi) is 6.04. The maximum atomic E-state index is 13.7. The van der Waals surface area contributed by atoms with E-state index in [1.165, 1.54) is 13.8 Å². The van der Waals surface area contributed by atoms with Crippen LogP contribution in [0.5, 0.6) is 0 Å². The van der Waals surface area contributed by atoms with Crippen LogP contribution in [-0.4, -0.2) is 41.3 Å². The number of esters is 2.